The zero-order valence-corrected chi connectivity index (χ0v) is 13.5. The maximum absolute atomic E-state index is 6.26. The SMILES string of the molecule is Cc1ccc2nc(-c3ccc(N4CC=CC=C4Cl)cc3)cn2c1. The molecule has 1 aliphatic heterocycles. The number of pyridine rings is 1. The Bertz CT molecular complexity index is 919. The van der Waals surface area contributed by atoms with E-state index < -0.39 is 0 Å². The minimum atomic E-state index is 0.739. The van der Waals surface area contributed by atoms with Crippen molar-refractivity contribution in [3.8, 4) is 11.3 Å². The predicted molar refractivity (Wildman–Crippen MR) is 95.8 cm³/mol. The maximum atomic E-state index is 6.26. The normalized spacial score (nSPS) is 14.3. The molecule has 0 N–H and O–H groups in total. The van der Waals surface area contributed by atoms with Gasteiger partial charge in [-0.1, -0.05) is 42.0 Å². The molecule has 3 heterocycles. The molecule has 2 aromatic heterocycles. The lowest BCUT2D eigenvalue weighted by molar-refractivity contribution is 1.05. The summed E-state index contributed by atoms with van der Waals surface area (Å²) in [6.07, 6.45) is 10.1. The minimum absolute atomic E-state index is 0.739. The molecule has 0 aliphatic carbocycles. The Labute approximate surface area is 140 Å². The summed E-state index contributed by atoms with van der Waals surface area (Å²) in [5.41, 5.74) is 5.34. The van der Waals surface area contributed by atoms with Crippen LogP contribution in [0.3, 0.4) is 0 Å². The van der Waals surface area contributed by atoms with Crippen LogP contribution < -0.4 is 4.90 Å². The molecule has 23 heavy (non-hydrogen) atoms. The van der Waals surface area contributed by atoms with Gasteiger partial charge in [0.05, 0.1) is 5.69 Å². The van der Waals surface area contributed by atoms with Crippen molar-refractivity contribution in [3.05, 3.63) is 77.7 Å². The number of hydrogen-bond acceptors (Lipinski definition) is 2. The van der Waals surface area contributed by atoms with E-state index in [1.807, 2.05) is 18.2 Å². The Balaban J connectivity index is 1.67. The molecule has 0 radical (unpaired) electrons. The molecule has 0 fully saturated rings. The van der Waals surface area contributed by atoms with Crippen LogP contribution in [-0.2, 0) is 0 Å². The van der Waals surface area contributed by atoms with Crippen LogP contribution in [0.15, 0.2) is 72.2 Å². The van der Waals surface area contributed by atoms with Crippen LogP contribution in [-0.4, -0.2) is 15.9 Å². The molecule has 114 valence electrons. The van der Waals surface area contributed by atoms with Crippen molar-refractivity contribution in [2.45, 2.75) is 6.92 Å². The predicted octanol–water partition coefficient (Wildman–Crippen LogP) is 4.77. The molecule has 0 unspecified atom stereocenters. The average Bonchev–Trinajstić information content (AvgIpc) is 2.98. The van der Waals surface area contributed by atoms with Gasteiger partial charge in [-0.2, -0.15) is 0 Å². The minimum Gasteiger partial charge on any atom is -0.328 e. The molecular weight excluding hydrogens is 306 g/mol. The lowest BCUT2D eigenvalue weighted by Gasteiger charge is -2.24. The van der Waals surface area contributed by atoms with E-state index in [0.29, 0.717) is 0 Å². The van der Waals surface area contributed by atoms with E-state index in [9.17, 15) is 0 Å². The third-order valence-corrected chi connectivity index (χ3v) is 4.32. The van der Waals surface area contributed by atoms with E-state index in [0.717, 1.165) is 34.3 Å². The highest BCUT2D eigenvalue weighted by molar-refractivity contribution is 6.31. The summed E-state index contributed by atoms with van der Waals surface area (Å²) in [5, 5.41) is 0.739. The van der Waals surface area contributed by atoms with E-state index in [2.05, 4.69) is 70.0 Å². The van der Waals surface area contributed by atoms with Gasteiger partial charge >= 0.3 is 0 Å². The van der Waals surface area contributed by atoms with Gasteiger partial charge < -0.3 is 9.30 Å². The van der Waals surface area contributed by atoms with Gasteiger partial charge in [0, 0.05) is 30.2 Å². The van der Waals surface area contributed by atoms with Crippen molar-refractivity contribution < 1.29 is 0 Å². The zero-order chi connectivity index (χ0) is 15.8. The molecule has 1 aromatic carbocycles. The quantitative estimate of drug-likeness (QED) is 0.634. The van der Waals surface area contributed by atoms with Crippen molar-refractivity contribution in [1.82, 2.24) is 9.38 Å². The van der Waals surface area contributed by atoms with Crippen molar-refractivity contribution in [1.29, 1.82) is 0 Å². The number of aromatic nitrogens is 2. The van der Waals surface area contributed by atoms with Crippen molar-refractivity contribution in [2.75, 3.05) is 11.4 Å². The van der Waals surface area contributed by atoms with E-state index in [1.165, 1.54) is 5.56 Å². The number of nitrogens with zero attached hydrogens (tertiary/aromatic N) is 3. The highest BCUT2D eigenvalue weighted by Gasteiger charge is 2.11. The van der Waals surface area contributed by atoms with Gasteiger partial charge in [0.1, 0.15) is 10.8 Å². The summed E-state index contributed by atoms with van der Waals surface area (Å²) in [5.74, 6) is 0. The van der Waals surface area contributed by atoms with E-state index >= 15 is 0 Å². The first kappa shape index (κ1) is 14.1. The molecule has 0 saturated heterocycles. The van der Waals surface area contributed by atoms with Crippen molar-refractivity contribution >= 4 is 22.9 Å². The third kappa shape index (κ3) is 2.64. The van der Waals surface area contributed by atoms with Gasteiger partial charge in [0.15, 0.2) is 0 Å². The van der Waals surface area contributed by atoms with Crippen molar-refractivity contribution in [2.24, 2.45) is 0 Å². The first-order valence-corrected chi connectivity index (χ1v) is 7.94. The number of halogens is 1. The van der Waals surface area contributed by atoms with Crippen LogP contribution in [0.2, 0.25) is 0 Å². The monoisotopic (exact) mass is 321 g/mol. The summed E-state index contributed by atoms with van der Waals surface area (Å²) >= 11 is 6.26. The van der Waals surface area contributed by atoms with E-state index in [1.54, 1.807) is 0 Å². The molecule has 4 heteroatoms. The molecule has 3 aromatic rings. The maximum Gasteiger partial charge on any atom is 0.137 e. The summed E-state index contributed by atoms with van der Waals surface area (Å²) in [6.45, 7) is 2.88. The standard InChI is InChI=1S/C19H16ClN3/c1-14-5-10-19-21-17(13-22(19)12-14)15-6-8-16(9-7-15)23-11-3-2-4-18(23)20/h2-10,12-13H,11H2,1H3. The molecular formula is C19H16ClN3. The summed E-state index contributed by atoms with van der Waals surface area (Å²) in [4.78, 5) is 6.75. The second-order valence-corrected chi connectivity index (χ2v) is 6.06. The molecule has 0 bridgehead atoms. The lowest BCUT2D eigenvalue weighted by Crippen LogP contribution is -2.21. The van der Waals surface area contributed by atoms with E-state index in [4.69, 9.17) is 11.6 Å². The fourth-order valence-electron chi connectivity index (χ4n) is 2.77. The molecule has 0 amide bonds. The summed E-state index contributed by atoms with van der Waals surface area (Å²) in [6, 6.07) is 12.5. The Morgan fingerprint density at radius 1 is 1.04 bits per heavy atom. The fourth-order valence-corrected chi connectivity index (χ4v) is 3.01. The number of hydrogen-bond donors (Lipinski definition) is 0. The van der Waals surface area contributed by atoms with Crippen LogP contribution in [0.1, 0.15) is 5.56 Å². The van der Waals surface area contributed by atoms with Gasteiger partial charge in [-0.25, -0.2) is 4.98 Å². The largest absolute Gasteiger partial charge is 0.328 e. The molecule has 0 saturated carbocycles. The number of anilines is 1. The average molecular weight is 322 g/mol. The number of aryl methyl sites for hydroxylation is 1. The van der Waals surface area contributed by atoms with Crippen LogP contribution in [0, 0.1) is 6.92 Å². The van der Waals surface area contributed by atoms with E-state index in [-0.39, 0.29) is 0 Å². The van der Waals surface area contributed by atoms with Crippen molar-refractivity contribution in [3.63, 3.8) is 0 Å². The molecule has 3 nitrogen and oxygen atoms in total. The zero-order valence-electron chi connectivity index (χ0n) is 12.8. The second-order valence-electron chi connectivity index (χ2n) is 5.67. The Hall–Kier alpha value is -2.52. The molecule has 0 spiro atoms. The molecule has 1 aliphatic rings. The Morgan fingerprint density at radius 3 is 2.65 bits per heavy atom. The highest BCUT2D eigenvalue weighted by Crippen LogP contribution is 2.27. The van der Waals surface area contributed by atoms with Crippen LogP contribution in [0.4, 0.5) is 5.69 Å². The number of benzene rings is 1. The number of fused-ring (bicyclic) bond motifs is 1. The Morgan fingerprint density at radius 2 is 1.87 bits per heavy atom. The van der Waals surface area contributed by atoms with Crippen LogP contribution >= 0.6 is 11.6 Å². The first-order chi connectivity index (χ1) is 11.2. The molecule has 4 rings (SSSR count). The number of allylic oxidation sites excluding steroid dienone is 2. The number of rotatable bonds is 2. The third-order valence-electron chi connectivity index (χ3n) is 3.99. The lowest BCUT2D eigenvalue weighted by atomic mass is 10.1. The van der Waals surface area contributed by atoms with Gasteiger partial charge in [-0.15, -0.1) is 0 Å². The topological polar surface area (TPSA) is 20.5 Å². The van der Waals surface area contributed by atoms with Gasteiger partial charge in [-0.05, 0) is 36.8 Å². The van der Waals surface area contributed by atoms with Crippen LogP contribution in [0.5, 0.6) is 0 Å². The Kier molecular flexibility index (Phi) is 3.43. The number of imidazole rings is 1. The second kappa shape index (κ2) is 5.60. The molecule has 0 atom stereocenters. The highest BCUT2D eigenvalue weighted by atomic mass is 35.5. The van der Waals surface area contributed by atoms with Gasteiger partial charge in [0.25, 0.3) is 0 Å². The summed E-state index contributed by atoms with van der Waals surface area (Å²) in [7, 11) is 0. The van der Waals surface area contributed by atoms with Crippen LogP contribution in [0.25, 0.3) is 16.9 Å². The summed E-state index contributed by atoms with van der Waals surface area (Å²) < 4.78 is 2.06. The van der Waals surface area contributed by atoms with Gasteiger partial charge in [0.2, 0.25) is 0 Å². The van der Waals surface area contributed by atoms with Gasteiger partial charge in [-0.3, -0.25) is 0 Å². The smallest absolute Gasteiger partial charge is 0.137 e. The fraction of sp³-hybridized carbons (Fsp3) is 0.105. The first-order valence-electron chi connectivity index (χ1n) is 7.56.